The van der Waals surface area contributed by atoms with Gasteiger partial charge in [0.1, 0.15) is 0 Å². The van der Waals surface area contributed by atoms with Crippen LogP contribution < -0.4 is 0 Å². The molecule has 6 nitrogen and oxygen atoms in total. The predicted octanol–water partition coefficient (Wildman–Crippen LogP) is 13.5. The van der Waals surface area contributed by atoms with E-state index < -0.39 is 0 Å². The molecule has 0 aromatic carbocycles. The number of nitrogens with zero attached hydrogens (tertiary/aromatic N) is 6. The van der Waals surface area contributed by atoms with Gasteiger partial charge in [-0.3, -0.25) is 0 Å². The van der Waals surface area contributed by atoms with E-state index in [0.717, 1.165) is 0 Å². The van der Waals surface area contributed by atoms with E-state index in [1.54, 1.807) is 0 Å². The molecule has 0 N–H and O–H groups in total. The Balaban J connectivity index is -0.000000127. The molecule has 6 heterocycles. The molecule has 6 aliphatic rings. The third-order valence-corrected chi connectivity index (χ3v) is 9.98. The summed E-state index contributed by atoms with van der Waals surface area (Å²) in [6.07, 6.45) is 28.5. The summed E-state index contributed by atoms with van der Waals surface area (Å²) in [5.41, 5.74) is 0. The van der Waals surface area contributed by atoms with Gasteiger partial charge in [-0.1, -0.05) is 134 Å². The number of hydrogen-bond donors (Lipinski definition) is 0. The zero-order valence-electron chi connectivity index (χ0n) is 43.3. The van der Waals surface area contributed by atoms with Crippen molar-refractivity contribution in [3.05, 3.63) is 0 Å². The highest BCUT2D eigenvalue weighted by Crippen LogP contribution is 2.09. The van der Waals surface area contributed by atoms with Crippen LogP contribution >= 0.6 is 0 Å². The Morgan fingerprint density at radius 3 is 0.304 bits per heavy atom. The van der Waals surface area contributed by atoms with Crippen molar-refractivity contribution in [1.82, 2.24) is 29.4 Å². The van der Waals surface area contributed by atoms with Gasteiger partial charge >= 0.3 is 0 Å². The van der Waals surface area contributed by atoms with Crippen molar-refractivity contribution in [3.63, 3.8) is 0 Å². The summed E-state index contributed by atoms with van der Waals surface area (Å²) in [5, 5.41) is 0. The van der Waals surface area contributed by atoms with Crippen molar-refractivity contribution in [2.24, 2.45) is 0 Å². The van der Waals surface area contributed by atoms with Gasteiger partial charge in [0.05, 0.1) is 0 Å². The van der Waals surface area contributed by atoms with E-state index in [-0.39, 0.29) is 0 Å². The van der Waals surface area contributed by atoms with Crippen LogP contribution in [0.1, 0.15) is 212 Å². The van der Waals surface area contributed by atoms with Gasteiger partial charge in [-0.05, 0) is 198 Å². The summed E-state index contributed by atoms with van der Waals surface area (Å²) in [7, 11) is 13.2. The number of piperidine rings is 2. The molecule has 0 saturated carbocycles. The Labute approximate surface area is 360 Å². The lowest BCUT2D eigenvalue weighted by molar-refractivity contribution is 0.277. The van der Waals surface area contributed by atoms with E-state index in [9.17, 15) is 0 Å². The molecule has 0 atom stereocenters. The minimum absolute atomic E-state index is 1.32. The zero-order valence-corrected chi connectivity index (χ0v) is 43.3. The smallest absolute Gasteiger partial charge is 0.00213 e. The van der Waals surface area contributed by atoms with Gasteiger partial charge in [-0.2, -0.15) is 0 Å². The number of hydrogen-bond acceptors (Lipinski definition) is 6. The van der Waals surface area contributed by atoms with Crippen LogP contribution in [0.25, 0.3) is 0 Å². The summed E-state index contributed by atoms with van der Waals surface area (Å²) < 4.78 is 0. The third-order valence-electron chi connectivity index (χ3n) is 9.98. The lowest BCUT2D eigenvalue weighted by Gasteiger charge is -2.20. The fraction of sp³-hybridized carbons (Fsp3) is 1.00. The van der Waals surface area contributed by atoms with Gasteiger partial charge in [0.2, 0.25) is 0 Å². The lowest BCUT2D eigenvalue weighted by Crippen LogP contribution is -2.24. The molecular weight excluding hydrogens is 685 g/mol. The van der Waals surface area contributed by atoms with Gasteiger partial charge in [-0.15, -0.1) is 0 Å². The highest BCUT2D eigenvalue weighted by atomic mass is 15.1. The second-order valence-electron chi connectivity index (χ2n) is 14.9. The highest BCUT2D eigenvalue weighted by Gasteiger charge is 2.05. The van der Waals surface area contributed by atoms with Crippen molar-refractivity contribution in [2.75, 3.05) is 121 Å². The molecule has 0 aliphatic carbocycles. The van der Waals surface area contributed by atoms with Crippen LogP contribution in [0.4, 0.5) is 0 Å². The monoisotopic (exact) mass is 803 g/mol. The van der Waals surface area contributed by atoms with Crippen LogP contribution in [0.3, 0.4) is 0 Å². The summed E-state index contributed by atoms with van der Waals surface area (Å²) in [5.74, 6) is 0. The fourth-order valence-electron chi connectivity index (χ4n) is 6.67. The molecule has 0 bridgehead atoms. The summed E-state index contributed by atoms with van der Waals surface area (Å²) in [6, 6.07) is 0. The Bertz CT molecular complexity index is 491. The van der Waals surface area contributed by atoms with E-state index in [4.69, 9.17) is 0 Å². The summed E-state index contributed by atoms with van der Waals surface area (Å²) >= 11 is 0. The zero-order chi connectivity index (χ0) is 44.1. The molecule has 0 aromatic rings. The molecular formula is C50H118N6. The van der Waals surface area contributed by atoms with Crippen LogP contribution in [0.15, 0.2) is 0 Å². The van der Waals surface area contributed by atoms with E-state index in [1.165, 1.54) is 207 Å². The average molecular weight is 804 g/mol. The standard InChI is InChI=1S/3C7H15N.2C6H13N.C5H11N.6C2H6/c3*1-8-6-4-2-3-5-7-8;2*1-7-5-3-2-4-6-7;1-6-4-2-3-5-6;6*1-2/h3*2-7H2,1H3;2*2-6H2,1H3;2-5H2,1H3;6*1-2H3. The molecule has 0 aromatic heterocycles. The van der Waals surface area contributed by atoms with Crippen molar-refractivity contribution >= 4 is 0 Å². The number of likely N-dealkylation sites (tertiary alicyclic amines) is 6. The number of rotatable bonds is 0. The maximum absolute atomic E-state index is 2.42. The Morgan fingerprint density at radius 1 is 0.143 bits per heavy atom. The molecule has 6 heteroatoms. The van der Waals surface area contributed by atoms with Crippen LogP contribution in [-0.4, -0.2) is 150 Å². The van der Waals surface area contributed by atoms with Crippen molar-refractivity contribution in [3.8, 4) is 0 Å². The molecule has 6 saturated heterocycles. The first kappa shape index (κ1) is 67.5. The second kappa shape index (κ2) is 63.9. The van der Waals surface area contributed by atoms with Crippen molar-refractivity contribution in [1.29, 1.82) is 0 Å². The second-order valence-corrected chi connectivity index (χ2v) is 14.9. The van der Waals surface area contributed by atoms with Gasteiger partial charge in [0.15, 0.2) is 0 Å². The van der Waals surface area contributed by atoms with Crippen LogP contribution in [0.5, 0.6) is 0 Å². The molecule has 0 spiro atoms. The highest BCUT2D eigenvalue weighted by molar-refractivity contribution is 4.61. The maximum Gasteiger partial charge on any atom is -0.00213 e. The molecule has 6 aliphatic heterocycles. The molecule has 6 rings (SSSR count). The minimum Gasteiger partial charge on any atom is -0.306 e. The predicted molar refractivity (Wildman–Crippen MR) is 265 cm³/mol. The van der Waals surface area contributed by atoms with Crippen LogP contribution in [0, 0.1) is 0 Å². The van der Waals surface area contributed by atoms with Crippen molar-refractivity contribution < 1.29 is 0 Å². The maximum atomic E-state index is 2.42. The van der Waals surface area contributed by atoms with E-state index in [2.05, 4.69) is 71.7 Å². The van der Waals surface area contributed by atoms with Crippen molar-refractivity contribution in [2.45, 2.75) is 212 Å². The summed E-state index contributed by atoms with van der Waals surface area (Å²) in [4.78, 5) is 14.4. The van der Waals surface area contributed by atoms with E-state index >= 15 is 0 Å². The Hall–Kier alpha value is -0.240. The first-order valence-electron chi connectivity index (χ1n) is 25.5. The molecule has 348 valence electrons. The third kappa shape index (κ3) is 60.4. The molecule has 0 radical (unpaired) electrons. The first-order valence-corrected chi connectivity index (χ1v) is 25.5. The Kier molecular flexibility index (Phi) is 77.1. The largest absolute Gasteiger partial charge is 0.306 e. The summed E-state index contributed by atoms with van der Waals surface area (Å²) in [6.45, 7) is 39.8. The van der Waals surface area contributed by atoms with E-state index in [1.807, 2.05) is 83.1 Å². The molecule has 0 amide bonds. The van der Waals surface area contributed by atoms with Gasteiger partial charge < -0.3 is 29.4 Å². The fourth-order valence-corrected chi connectivity index (χ4v) is 6.67. The topological polar surface area (TPSA) is 19.4 Å². The first-order chi connectivity index (χ1) is 27.4. The lowest BCUT2D eigenvalue weighted by atomic mass is 10.1. The van der Waals surface area contributed by atoms with E-state index in [0.29, 0.717) is 0 Å². The van der Waals surface area contributed by atoms with Crippen LogP contribution in [0.2, 0.25) is 0 Å². The quantitative estimate of drug-likeness (QED) is 0.241. The van der Waals surface area contributed by atoms with Gasteiger partial charge in [-0.25, -0.2) is 0 Å². The SMILES string of the molecule is CC.CC.CC.CC.CC.CC.CN1CCCC1.CN1CCCCC1.CN1CCCCC1.CN1CCCCCC1.CN1CCCCCC1.CN1CCCCCC1. The van der Waals surface area contributed by atoms with Crippen LogP contribution in [-0.2, 0) is 0 Å². The Morgan fingerprint density at radius 2 is 0.214 bits per heavy atom. The molecule has 6 fully saturated rings. The molecule has 0 unspecified atom stereocenters. The normalized spacial score (nSPS) is 20.5. The average Bonchev–Trinajstić information content (AvgIpc) is 3.43. The minimum atomic E-state index is 1.32. The van der Waals surface area contributed by atoms with Gasteiger partial charge in [0.25, 0.3) is 0 Å². The van der Waals surface area contributed by atoms with Gasteiger partial charge in [0, 0.05) is 0 Å². The molecule has 56 heavy (non-hydrogen) atoms.